The van der Waals surface area contributed by atoms with Crippen LogP contribution in [0.15, 0.2) is 48.7 Å². The molecule has 1 N–H and O–H groups in total. The average molecular weight is 388 g/mol. The molecule has 0 bridgehead atoms. The fourth-order valence-electron chi connectivity index (χ4n) is 4.32. The number of aromatic amines is 1. The number of fused-ring (bicyclic) bond motifs is 1. The molecule has 5 heteroatoms. The molecule has 1 aliphatic rings. The highest BCUT2D eigenvalue weighted by Crippen LogP contribution is 2.37. The van der Waals surface area contributed by atoms with E-state index in [9.17, 15) is 14.4 Å². The van der Waals surface area contributed by atoms with Crippen LogP contribution in [0.3, 0.4) is 0 Å². The van der Waals surface area contributed by atoms with Crippen LogP contribution in [-0.2, 0) is 20.8 Å². The molecule has 2 aromatic carbocycles. The Balaban J connectivity index is 1.67. The second-order valence-corrected chi connectivity index (χ2v) is 7.87. The fourth-order valence-corrected chi connectivity index (χ4v) is 4.32. The number of nitrogens with zero attached hydrogens (tertiary/aromatic N) is 1. The number of aryl methyl sites for hydroxylation is 2. The van der Waals surface area contributed by atoms with Crippen molar-refractivity contribution in [2.24, 2.45) is 5.92 Å². The lowest BCUT2D eigenvalue weighted by atomic mass is 9.89. The summed E-state index contributed by atoms with van der Waals surface area (Å²) in [4.78, 5) is 42.5. The molecule has 0 aliphatic carbocycles. The van der Waals surface area contributed by atoms with Gasteiger partial charge in [-0.05, 0) is 43.9 Å². The van der Waals surface area contributed by atoms with E-state index in [1.165, 1.54) is 6.92 Å². The summed E-state index contributed by atoms with van der Waals surface area (Å²) in [6.07, 6.45) is 2.57. The minimum atomic E-state index is -0.935. The number of para-hydroxylation sites is 1. The van der Waals surface area contributed by atoms with Crippen LogP contribution in [0.1, 0.15) is 35.2 Å². The van der Waals surface area contributed by atoms with Crippen LogP contribution in [0.2, 0.25) is 0 Å². The largest absolute Gasteiger partial charge is 0.361 e. The van der Waals surface area contributed by atoms with E-state index < -0.39 is 23.7 Å². The zero-order valence-corrected chi connectivity index (χ0v) is 16.9. The number of likely N-dealkylation sites (tertiary alicyclic amines) is 1. The van der Waals surface area contributed by atoms with Gasteiger partial charge in [0.1, 0.15) is 11.7 Å². The average Bonchev–Trinajstić information content (AvgIpc) is 3.21. The van der Waals surface area contributed by atoms with Crippen molar-refractivity contribution in [1.82, 2.24) is 9.88 Å². The SMILES string of the molecule is CC(=O)C1C(=O)C(=O)N(CCc2c[nH]c3c(C)cccc23)C1c1ccc(C)cc1. The highest BCUT2D eigenvalue weighted by molar-refractivity contribution is 6.42. The minimum absolute atomic E-state index is 0.265. The lowest BCUT2D eigenvalue weighted by Gasteiger charge is -2.27. The first-order valence-corrected chi connectivity index (χ1v) is 9.86. The number of nitrogens with one attached hydrogen (secondary N) is 1. The Morgan fingerprint density at radius 1 is 1.07 bits per heavy atom. The number of benzene rings is 2. The summed E-state index contributed by atoms with van der Waals surface area (Å²) in [5, 5.41) is 1.12. The van der Waals surface area contributed by atoms with E-state index in [4.69, 9.17) is 0 Å². The number of aromatic nitrogens is 1. The van der Waals surface area contributed by atoms with Crippen molar-refractivity contribution in [3.8, 4) is 0 Å². The van der Waals surface area contributed by atoms with E-state index in [-0.39, 0.29) is 5.78 Å². The molecule has 0 spiro atoms. The van der Waals surface area contributed by atoms with Gasteiger partial charge >= 0.3 is 0 Å². The predicted molar refractivity (Wildman–Crippen MR) is 112 cm³/mol. The third kappa shape index (κ3) is 3.27. The molecule has 1 aromatic heterocycles. The molecular formula is C24H24N2O3. The Hall–Kier alpha value is -3.21. The van der Waals surface area contributed by atoms with Gasteiger partial charge in [-0.15, -0.1) is 0 Å². The van der Waals surface area contributed by atoms with Crippen LogP contribution >= 0.6 is 0 Å². The molecule has 148 valence electrons. The van der Waals surface area contributed by atoms with Gasteiger partial charge in [-0.25, -0.2) is 0 Å². The molecule has 0 radical (unpaired) electrons. The van der Waals surface area contributed by atoms with E-state index in [0.717, 1.165) is 33.2 Å². The van der Waals surface area contributed by atoms with Gasteiger partial charge in [-0.2, -0.15) is 0 Å². The molecular weight excluding hydrogens is 364 g/mol. The second kappa shape index (κ2) is 7.32. The van der Waals surface area contributed by atoms with Crippen LogP contribution in [0.25, 0.3) is 10.9 Å². The number of carbonyl (C=O) groups is 3. The van der Waals surface area contributed by atoms with Crippen molar-refractivity contribution in [3.05, 3.63) is 70.9 Å². The second-order valence-electron chi connectivity index (χ2n) is 7.87. The van der Waals surface area contributed by atoms with E-state index in [1.54, 1.807) is 4.90 Å². The maximum Gasteiger partial charge on any atom is 0.291 e. The third-order valence-electron chi connectivity index (χ3n) is 5.89. The van der Waals surface area contributed by atoms with Crippen molar-refractivity contribution >= 4 is 28.4 Å². The van der Waals surface area contributed by atoms with Crippen LogP contribution in [-0.4, -0.2) is 33.9 Å². The first kappa shape index (κ1) is 19.1. The Kier molecular flexibility index (Phi) is 4.82. The van der Waals surface area contributed by atoms with E-state index >= 15 is 0 Å². The molecule has 2 atom stereocenters. The van der Waals surface area contributed by atoms with Gasteiger partial charge in [0.2, 0.25) is 5.78 Å². The highest BCUT2D eigenvalue weighted by Gasteiger charge is 2.49. The number of rotatable bonds is 5. The molecule has 5 nitrogen and oxygen atoms in total. The summed E-state index contributed by atoms with van der Waals surface area (Å²) in [5.74, 6) is -2.36. The van der Waals surface area contributed by atoms with Crippen molar-refractivity contribution < 1.29 is 14.4 Å². The fraction of sp³-hybridized carbons (Fsp3) is 0.292. The van der Waals surface area contributed by atoms with Gasteiger partial charge in [0.05, 0.1) is 6.04 Å². The number of hydrogen-bond acceptors (Lipinski definition) is 3. The monoisotopic (exact) mass is 388 g/mol. The Morgan fingerprint density at radius 3 is 2.48 bits per heavy atom. The summed E-state index contributed by atoms with van der Waals surface area (Å²) in [5.41, 5.74) is 5.26. The molecule has 1 amide bonds. The molecule has 4 rings (SSSR count). The Morgan fingerprint density at radius 2 is 1.79 bits per heavy atom. The molecule has 2 heterocycles. The van der Waals surface area contributed by atoms with Crippen molar-refractivity contribution in [2.45, 2.75) is 33.2 Å². The maximum atomic E-state index is 12.8. The Bertz CT molecular complexity index is 1110. The number of amides is 1. The van der Waals surface area contributed by atoms with E-state index in [2.05, 4.69) is 24.0 Å². The molecule has 29 heavy (non-hydrogen) atoms. The number of H-pyrrole nitrogens is 1. The third-order valence-corrected chi connectivity index (χ3v) is 5.89. The van der Waals surface area contributed by atoms with Crippen LogP contribution in [0, 0.1) is 19.8 Å². The van der Waals surface area contributed by atoms with E-state index in [0.29, 0.717) is 13.0 Å². The molecule has 1 fully saturated rings. The summed E-state index contributed by atoms with van der Waals surface area (Å²) in [6.45, 7) is 5.81. The summed E-state index contributed by atoms with van der Waals surface area (Å²) >= 11 is 0. The number of carbonyl (C=O) groups excluding carboxylic acids is 3. The van der Waals surface area contributed by atoms with Crippen LogP contribution < -0.4 is 0 Å². The zero-order chi connectivity index (χ0) is 20.7. The summed E-state index contributed by atoms with van der Waals surface area (Å²) in [7, 11) is 0. The molecule has 2 unspecified atom stereocenters. The normalized spacial score (nSPS) is 19.3. The van der Waals surface area contributed by atoms with Gasteiger partial charge in [0.15, 0.2) is 0 Å². The van der Waals surface area contributed by atoms with E-state index in [1.807, 2.05) is 43.5 Å². The predicted octanol–water partition coefficient (Wildman–Crippen LogP) is 3.69. The lowest BCUT2D eigenvalue weighted by Crippen LogP contribution is -2.32. The first-order chi connectivity index (χ1) is 13.9. The van der Waals surface area contributed by atoms with Crippen molar-refractivity contribution in [3.63, 3.8) is 0 Å². The lowest BCUT2D eigenvalue weighted by molar-refractivity contribution is -0.142. The molecule has 0 saturated carbocycles. The smallest absolute Gasteiger partial charge is 0.291 e. The number of Topliss-reactive ketones (excluding diaryl/α,β-unsaturated/α-hetero) is 2. The van der Waals surface area contributed by atoms with Gasteiger partial charge < -0.3 is 9.88 Å². The van der Waals surface area contributed by atoms with Gasteiger partial charge in [-0.1, -0.05) is 48.0 Å². The minimum Gasteiger partial charge on any atom is -0.361 e. The van der Waals surface area contributed by atoms with Crippen LogP contribution in [0.5, 0.6) is 0 Å². The summed E-state index contributed by atoms with van der Waals surface area (Å²) in [6, 6.07) is 13.3. The quantitative estimate of drug-likeness (QED) is 0.535. The molecule has 3 aromatic rings. The number of ketones is 2. The van der Waals surface area contributed by atoms with Gasteiger partial charge in [-0.3, -0.25) is 14.4 Å². The first-order valence-electron chi connectivity index (χ1n) is 9.86. The van der Waals surface area contributed by atoms with Crippen molar-refractivity contribution in [2.75, 3.05) is 6.54 Å². The standard InChI is InChI=1S/C24H24N2O3/c1-14-7-9-17(10-8-14)22-20(16(3)27)23(28)24(29)26(22)12-11-18-13-25-21-15(2)5-4-6-19(18)21/h4-10,13,20,22,25H,11-12H2,1-3H3. The van der Waals surface area contributed by atoms with Gasteiger partial charge in [0, 0.05) is 23.6 Å². The summed E-state index contributed by atoms with van der Waals surface area (Å²) < 4.78 is 0. The zero-order valence-electron chi connectivity index (χ0n) is 16.9. The van der Waals surface area contributed by atoms with Crippen molar-refractivity contribution in [1.29, 1.82) is 0 Å². The number of hydrogen-bond donors (Lipinski definition) is 1. The topological polar surface area (TPSA) is 70.2 Å². The Labute approximate surface area is 169 Å². The molecule has 1 saturated heterocycles. The van der Waals surface area contributed by atoms with Gasteiger partial charge in [0.25, 0.3) is 5.91 Å². The molecule has 1 aliphatic heterocycles. The highest BCUT2D eigenvalue weighted by atomic mass is 16.2. The van der Waals surface area contributed by atoms with Crippen LogP contribution in [0.4, 0.5) is 0 Å². The maximum absolute atomic E-state index is 12.8.